The molecule has 0 aliphatic carbocycles. The van der Waals surface area contributed by atoms with Crippen molar-refractivity contribution in [2.24, 2.45) is 11.7 Å². The number of Topliss-reactive ketones (excluding diaryl/α,β-unsaturated/α-hetero) is 1. The molecule has 222 valence electrons. The Morgan fingerprint density at radius 2 is 1.54 bits per heavy atom. The molecule has 1 aliphatic heterocycles. The number of nitrogens with zero attached hydrogens (tertiary/aromatic N) is 1. The Hall–Kier alpha value is -3.32. The summed E-state index contributed by atoms with van der Waals surface area (Å²) in [5.74, 6) is -2.17. The van der Waals surface area contributed by atoms with Crippen LogP contribution in [0.1, 0.15) is 60.3 Å². The largest absolute Gasteiger partial charge is 0.377 e. The third kappa shape index (κ3) is 15.6. The second kappa shape index (κ2) is 20.6. The van der Waals surface area contributed by atoms with E-state index < -0.39 is 29.9 Å². The fourth-order valence-corrected chi connectivity index (χ4v) is 3.28. The fourth-order valence-electron chi connectivity index (χ4n) is 3.28. The molecule has 0 aromatic carbocycles. The first kappa shape index (κ1) is 35.7. The number of hydrogen-bond donors (Lipinski definition) is 4. The third-order valence-electron chi connectivity index (χ3n) is 5.25. The van der Waals surface area contributed by atoms with Crippen molar-refractivity contribution in [1.82, 2.24) is 20.9 Å². The van der Waals surface area contributed by atoms with E-state index in [4.69, 9.17) is 15.2 Å². The maximum absolute atomic E-state index is 12.8. The molecule has 0 fully saturated rings. The lowest BCUT2D eigenvalue weighted by molar-refractivity contribution is -0.138. The Kier molecular flexibility index (Phi) is 18.9. The van der Waals surface area contributed by atoms with E-state index >= 15 is 0 Å². The quantitative estimate of drug-likeness (QED) is 0.138. The highest BCUT2D eigenvalue weighted by atomic mass is 16.5. The van der Waals surface area contributed by atoms with Gasteiger partial charge in [0, 0.05) is 25.1 Å². The summed E-state index contributed by atoms with van der Waals surface area (Å²) < 4.78 is 10.6. The van der Waals surface area contributed by atoms with Gasteiger partial charge in [-0.2, -0.15) is 0 Å². The summed E-state index contributed by atoms with van der Waals surface area (Å²) in [7, 11) is 0. The SMILES string of the molecule is CCC.CCC(=O)[C@H](CCCNC(N)=O)NC(=O)C(NC(=O)COCCOCCN1C(=O)C=CC1=O)C(C)C. The van der Waals surface area contributed by atoms with E-state index in [1.165, 1.54) is 18.6 Å². The Bertz CT molecular complexity index is 828. The second-order valence-electron chi connectivity index (χ2n) is 9.14. The van der Waals surface area contributed by atoms with E-state index in [0.29, 0.717) is 12.8 Å². The van der Waals surface area contributed by atoms with E-state index in [-0.39, 0.29) is 69.5 Å². The van der Waals surface area contributed by atoms with Crippen molar-refractivity contribution in [3.05, 3.63) is 12.2 Å². The van der Waals surface area contributed by atoms with Crippen LogP contribution >= 0.6 is 0 Å². The molecule has 6 amide bonds. The van der Waals surface area contributed by atoms with Crippen LogP contribution in [0, 0.1) is 5.92 Å². The van der Waals surface area contributed by atoms with E-state index in [2.05, 4.69) is 29.8 Å². The lowest BCUT2D eigenvalue weighted by Crippen LogP contribution is -2.54. The number of urea groups is 1. The number of ketones is 1. The minimum Gasteiger partial charge on any atom is -0.377 e. The molecule has 39 heavy (non-hydrogen) atoms. The molecule has 0 bridgehead atoms. The van der Waals surface area contributed by atoms with Gasteiger partial charge in [0.05, 0.1) is 32.4 Å². The highest BCUT2D eigenvalue weighted by Crippen LogP contribution is 2.07. The van der Waals surface area contributed by atoms with E-state index in [1.54, 1.807) is 20.8 Å². The minimum atomic E-state index is -0.877. The Morgan fingerprint density at radius 1 is 0.949 bits per heavy atom. The van der Waals surface area contributed by atoms with Gasteiger partial charge in [-0.15, -0.1) is 0 Å². The summed E-state index contributed by atoms with van der Waals surface area (Å²) in [6.45, 7) is 9.94. The average Bonchev–Trinajstić information content (AvgIpc) is 3.20. The van der Waals surface area contributed by atoms with Gasteiger partial charge in [0.2, 0.25) is 11.8 Å². The molecule has 2 atom stereocenters. The van der Waals surface area contributed by atoms with Crippen LogP contribution in [0.15, 0.2) is 12.2 Å². The maximum Gasteiger partial charge on any atom is 0.312 e. The van der Waals surface area contributed by atoms with Gasteiger partial charge in [0.1, 0.15) is 12.6 Å². The van der Waals surface area contributed by atoms with Crippen molar-refractivity contribution in [2.75, 3.05) is 39.5 Å². The molecule has 1 aliphatic rings. The number of carbonyl (C=O) groups excluding carboxylic acids is 6. The van der Waals surface area contributed by atoms with Crippen LogP contribution in [0.2, 0.25) is 0 Å². The molecule has 1 rings (SSSR count). The number of imide groups is 1. The normalized spacial score (nSPS) is 13.9. The van der Waals surface area contributed by atoms with Crippen molar-refractivity contribution in [3.63, 3.8) is 0 Å². The number of rotatable bonds is 18. The van der Waals surface area contributed by atoms with Crippen molar-refractivity contribution < 1.29 is 38.2 Å². The van der Waals surface area contributed by atoms with Crippen LogP contribution < -0.4 is 21.7 Å². The zero-order valence-electron chi connectivity index (χ0n) is 23.7. The topological polar surface area (TPSA) is 186 Å². The summed E-state index contributed by atoms with van der Waals surface area (Å²) in [5, 5.41) is 7.75. The Balaban J connectivity index is 0.00000458. The molecule has 0 radical (unpaired) electrons. The lowest BCUT2D eigenvalue weighted by Gasteiger charge is -2.25. The van der Waals surface area contributed by atoms with Gasteiger partial charge < -0.3 is 31.2 Å². The highest BCUT2D eigenvalue weighted by Gasteiger charge is 2.28. The number of ether oxygens (including phenoxy) is 2. The van der Waals surface area contributed by atoms with Gasteiger partial charge in [-0.05, 0) is 18.8 Å². The molecule has 0 aromatic rings. The molecule has 1 unspecified atom stereocenters. The molecule has 0 aromatic heterocycles. The second-order valence-corrected chi connectivity index (χ2v) is 9.14. The van der Waals surface area contributed by atoms with E-state index in [9.17, 15) is 28.8 Å². The number of primary amides is 1. The van der Waals surface area contributed by atoms with Gasteiger partial charge in [0.15, 0.2) is 5.78 Å². The minimum absolute atomic E-state index is 0.0958. The van der Waals surface area contributed by atoms with Crippen molar-refractivity contribution in [1.29, 1.82) is 0 Å². The maximum atomic E-state index is 12.8. The van der Waals surface area contributed by atoms with Crippen LogP contribution in [-0.2, 0) is 33.4 Å². The fraction of sp³-hybridized carbons (Fsp3) is 0.692. The molecule has 0 saturated heterocycles. The standard InChI is InChI=1S/C23H37N5O8.C3H8/c1-4-17(29)16(6-5-9-25-23(24)34)26-22(33)21(15(2)3)27-18(30)14-36-13-12-35-11-10-28-19(31)7-8-20(28)32;1-3-2/h7-8,15-16,21H,4-6,9-14H2,1-3H3,(H,26,33)(H,27,30)(H3,24,25,34);3H2,1-2H3/t16-,21?;/m0./s1. The number of carbonyl (C=O) groups is 6. The van der Waals surface area contributed by atoms with Crippen LogP contribution in [0.4, 0.5) is 4.79 Å². The van der Waals surface area contributed by atoms with Gasteiger partial charge in [-0.25, -0.2) is 4.79 Å². The van der Waals surface area contributed by atoms with E-state index in [0.717, 1.165) is 4.90 Å². The number of hydrogen-bond acceptors (Lipinski definition) is 8. The molecular weight excluding hydrogens is 510 g/mol. The third-order valence-corrected chi connectivity index (χ3v) is 5.25. The summed E-state index contributed by atoms with van der Waals surface area (Å²) in [5.41, 5.74) is 5.02. The average molecular weight is 556 g/mol. The number of amides is 6. The van der Waals surface area contributed by atoms with Gasteiger partial charge in [-0.1, -0.05) is 41.0 Å². The number of nitrogens with two attached hydrogens (primary N) is 1. The zero-order chi connectivity index (χ0) is 29.8. The Morgan fingerprint density at radius 3 is 2.08 bits per heavy atom. The molecule has 13 nitrogen and oxygen atoms in total. The smallest absolute Gasteiger partial charge is 0.312 e. The van der Waals surface area contributed by atoms with Crippen molar-refractivity contribution in [3.8, 4) is 0 Å². The summed E-state index contributed by atoms with van der Waals surface area (Å²) in [4.78, 5) is 72.1. The lowest BCUT2D eigenvalue weighted by atomic mass is 10.0. The molecule has 13 heteroatoms. The first-order valence-electron chi connectivity index (χ1n) is 13.3. The van der Waals surface area contributed by atoms with Crippen molar-refractivity contribution in [2.45, 2.75) is 72.4 Å². The molecular formula is C26H45N5O8. The predicted molar refractivity (Wildman–Crippen MR) is 144 cm³/mol. The Labute approximate surface area is 230 Å². The first-order chi connectivity index (χ1) is 18.5. The molecule has 0 spiro atoms. The van der Waals surface area contributed by atoms with Gasteiger partial charge in [-0.3, -0.25) is 28.9 Å². The number of nitrogens with one attached hydrogen (secondary N) is 3. The van der Waals surface area contributed by atoms with Crippen LogP contribution in [0.3, 0.4) is 0 Å². The molecule has 1 heterocycles. The molecule has 5 N–H and O–H groups in total. The summed E-state index contributed by atoms with van der Waals surface area (Å²) in [6.07, 6.45) is 4.62. The van der Waals surface area contributed by atoms with Crippen molar-refractivity contribution >= 4 is 35.4 Å². The van der Waals surface area contributed by atoms with E-state index in [1.807, 2.05) is 0 Å². The van der Waals surface area contributed by atoms with Crippen LogP contribution in [0.5, 0.6) is 0 Å². The summed E-state index contributed by atoms with van der Waals surface area (Å²) >= 11 is 0. The monoisotopic (exact) mass is 555 g/mol. The zero-order valence-corrected chi connectivity index (χ0v) is 23.7. The summed E-state index contributed by atoms with van der Waals surface area (Å²) in [6, 6.07) is -2.29. The predicted octanol–water partition coefficient (Wildman–Crippen LogP) is 0.414. The molecule has 0 saturated carbocycles. The van der Waals surface area contributed by atoms with Crippen LogP contribution in [-0.4, -0.2) is 91.9 Å². The van der Waals surface area contributed by atoms with Gasteiger partial charge in [0.25, 0.3) is 11.8 Å². The van der Waals surface area contributed by atoms with Gasteiger partial charge >= 0.3 is 6.03 Å². The highest BCUT2D eigenvalue weighted by molar-refractivity contribution is 6.12. The first-order valence-corrected chi connectivity index (χ1v) is 13.3. The van der Waals surface area contributed by atoms with Crippen LogP contribution in [0.25, 0.3) is 0 Å².